The van der Waals surface area contributed by atoms with Crippen molar-refractivity contribution in [3.05, 3.63) is 71.5 Å². The number of rotatable bonds is 5. The molecule has 1 fully saturated rings. The Bertz CT molecular complexity index is 1210. The molecule has 5 rings (SSSR count). The lowest BCUT2D eigenvalue weighted by atomic mass is 10.1. The second-order valence-corrected chi connectivity index (χ2v) is 8.39. The van der Waals surface area contributed by atoms with Crippen molar-refractivity contribution in [1.82, 2.24) is 19.7 Å². The van der Waals surface area contributed by atoms with Crippen molar-refractivity contribution in [3.63, 3.8) is 0 Å². The predicted octanol–water partition coefficient (Wildman–Crippen LogP) is 3.79. The van der Waals surface area contributed by atoms with E-state index in [2.05, 4.69) is 25.4 Å². The van der Waals surface area contributed by atoms with E-state index in [1.54, 1.807) is 0 Å². The summed E-state index contributed by atoms with van der Waals surface area (Å²) in [4.78, 5) is 20.2. The highest BCUT2D eigenvalue weighted by molar-refractivity contribution is 7.16. The largest absolute Gasteiger partial charge is 0.378 e. The Labute approximate surface area is 189 Å². The van der Waals surface area contributed by atoms with Gasteiger partial charge in [-0.3, -0.25) is 4.79 Å². The molecule has 1 aromatic carbocycles. The van der Waals surface area contributed by atoms with Crippen molar-refractivity contribution in [3.8, 4) is 16.4 Å². The molecule has 0 atom stereocenters. The summed E-state index contributed by atoms with van der Waals surface area (Å²) in [6.07, 6.45) is 3.82. The van der Waals surface area contributed by atoms with E-state index < -0.39 is 0 Å². The van der Waals surface area contributed by atoms with Gasteiger partial charge in [0.05, 0.1) is 24.6 Å². The molecule has 4 heterocycles. The molecule has 4 aromatic rings. The van der Waals surface area contributed by atoms with E-state index in [-0.39, 0.29) is 5.91 Å². The third-order valence-corrected chi connectivity index (χ3v) is 6.39. The van der Waals surface area contributed by atoms with Crippen molar-refractivity contribution in [2.75, 3.05) is 36.5 Å². The van der Waals surface area contributed by atoms with Gasteiger partial charge in [0.15, 0.2) is 10.9 Å². The Hall–Kier alpha value is -3.56. The van der Waals surface area contributed by atoms with E-state index >= 15 is 0 Å². The minimum Gasteiger partial charge on any atom is -0.378 e. The van der Waals surface area contributed by atoms with Gasteiger partial charge in [0.2, 0.25) is 0 Å². The maximum absolute atomic E-state index is 12.9. The molecule has 0 unspecified atom stereocenters. The Balaban J connectivity index is 1.32. The van der Waals surface area contributed by atoms with Crippen molar-refractivity contribution in [2.45, 2.75) is 6.92 Å². The molecule has 162 valence electrons. The van der Waals surface area contributed by atoms with Gasteiger partial charge in [-0.05, 0) is 43.3 Å². The van der Waals surface area contributed by atoms with Crippen LogP contribution in [0.15, 0.2) is 60.9 Å². The van der Waals surface area contributed by atoms with Crippen LogP contribution in [-0.2, 0) is 4.74 Å². The van der Waals surface area contributed by atoms with E-state index in [4.69, 9.17) is 4.74 Å². The van der Waals surface area contributed by atoms with Crippen LogP contribution in [-0.4, -0.2) is 52.0 Å². The van der Waals surface area contributed by atoms with Crippen LogP contribution in [0.5, 0.6) is 0 Å². The quantitative estimate of drug-likeness (QED) is 0.502. The Morgan fingerprint density at radius 1 is 1.06 bits per heavy atom. The number of benzene rings is 1. The molecule has 32 heavy (non-hydrogen) atoms. The molecular weight excluding hydrogens is 424 g/mol. The molecule has 1 saturated heterocycles. The summed E-state index contributed by atoms with van der Waals surface area (Å²) < 4.78 is 7.29. The Morgan fingerprint density at radius 3 is 2.62 bits per heavy atom. The third-order valence-electron chi connectivity index (χ3n) is 5.22. The molecule has 9 heteroatoms. The number of aryl methyl sites for hydroxylation is 1. The number of amides is 1. The average Bonchev–Trinajstić information content (AvgIpc) is 3.50. The van der Waals surface area contributed by atoms with Gasteiger partial charge in [-0.15, -0.1) is 10.2 Å². The number of nitrogens with one attached hydrogen (secondary N) is 1. The molecule has 1 amide bonds. The standard InChI is InChI=1S/C23H22N6O2S/c1-16-21(32-23(24-16)29-9-2-3-10-29)22(30)25-18-6-4-5-17(15-18)19-7-8-20(27-26-19)28-11-13-31-14-12-28/h2-10,15H,11-14H2,1H3,(H,25,30). The van der Waals surface area contributed by atoms with Crippen LogP contribution in [0.4, 0.5) is 11.5 Å². The van der Waals surface area contributed by atoms with Gasteiger partial charge in [0.25, 0.3) is 5.91 Å². The van der Waals surface area contributed by atoms with Crippen LogP contribution in [0.1, 0.15) is 15.4 Å². The summed E-state index contributed by atoms with van der Waals surface area (Å²) in [7, 11) is 0. The highest BCUT2D eigenvalue weighted by Gasteiger charge is 2.17. The topological polar surface area (TPSA) is 85.2 Å². The molecular formula is C23H22N6O2S. The van der Waals surface area contributed by atoms with Gasteiger partial charge < -0.3 is 19.5 Å². The maximum atomic E-state index is 12.9. The van der Waals surface area contributed by atoms with E-state index in [9.17, 15) is 4.79 Å². The van der Waals surface area contributed by atoms with E-state index in [1.807, 2.05) is 72.4 Å². The van der Waals surface area contributed by atoms with Crippen molar-refractivity contribution < 1.29 is 9.53 Å². The molecule has 0 aliphatic carbocycles. The maximum Gasteiger partial charge on any atom is 0.267 e. The average molecular weight is 447 g/mol. The lowest BCUT2D eigenvalue weighted by Crippen LogP contribution is -2.36. The summed E-state index contributed by atoms with van der Waals surface area (Å²) >= 11 is 1.36. The van der Waals surface area contributed by atoms with Crippen LogP contribution in [0, 0.1) is 6.92 Å². The first kappa shape index (κ1) is 20.3. The monoisotopic (exact) mass is 446 g/mol. The van der Waals surface area contributed by atoms with Crippen LogP contribution < -0.4 is 10.2 Å². The SMILES string of the molecule is Cc1nc(-n2cccc2)sc1C(=O)Nc1cccc(-c2ccc(N3CCOCC3)nn2)c1. The Kier molecular flexibility index (Phi) is 5.66. The second-order valence-electron chi connectivity index (χ2n) is 7.41. The molecule has 3 aromatic heterocycles. The van der Waals surface area contributed by atoms with Gasteiger partial charge in [0, 0.05) is 36.7 Å². The summed E-state index contributed by atoms with van der Waals surface area (Å²) in [5.74, 6) is 0.671. The van der Waals surface area contributed by atoms with Crippen LogP contribution in [0.25, 0.3) is 16.4 Å². The molecule has 0 bridgehead atoms. The van der Waals surface area contributed by atoms with Gasteiger partial charge in [0.1, 0.15) is 4.88 Å². The molecule has 0 spiro atoms. The fourth-order valence-electron chi connectivity index (χ4n) is 3.55. The van der Waals surface area contributed by atoms with E-state index in [1.165, 1.54) is 11.3 Å². The van der Waals surface area contributed by atoms with Gasteiger partial charge >= 0.3 is 0 Å². The van der Waals surface area contributed by atoms with Gasteiger partial charge in [-0.2, -0.15) is 0 Å². The minimum absolute atomic E-state index is 0.177. The molecule has 0 radical (unpaired) electrons. The number of morpholine rings is 1. The van der Waals surface area contributed by atoms with Crippen molar-refractivity contribution in [1.29, 1.82) is 0 Å². The third kappa shape index (κ3) is 4.25. The number of hydrogen-bond donors (Lipinski definition) is 1. The summed E-state index contributed by atoms with van der Waals surface area (Å²) in [5.41, 5.74) is 3.04. The minimum atomic E-state index is -0.177. The fraction of sp³-hybridized carbons (Fsp3) is 0.217. The predicted molar refractivity (Wildman–Crippen MR) is 125 cm³/mol. The highest BCUT2D eigenvalue weighted by Crippen LogP contribution is 2.25. The Morgan fingerprint density at radius 2 is 1.88 bits per heavy atom. The molecule has 1 N–H and O–H groups in total. The normalized spacial score (nSPS) is 13.8. The number of carbonyl (C=O) groups is 1. The molecule has 0 saturated carbocycles. The van der Waals surface area contributed by atoms with E-state index in [0.29, 0.717) is 29.5 Å². The second kappa shape index (κ2) is 8.89. The first-order chi connectivity index (χ1) is 15.7. The highest BCUT2D eigenvalue weighted by atomic mass is 32.1. The lowest BCUT2D eigenvalue weighted by molar-refractivity contribution is 0.103. The first-order valence-electron chi connectivity index (χ1n) is 10.4. The number of carbonyl (C=O) groups excluding carboxylic acids is 1. The van der Waals surface area contributed by atoms with Crippen molar-refractivity contribution >= 4 is 28.7 Å². The zero-order valence-electron chi connectivity index (χ0n) is 17.6. The van der Waals surface area contributed by atoms with Gasteiger partial charge in [-0.25, -0.2) is 4.98 Å². The van der Waals surface area contributed by atoms with Gasteiger partial charge in [-0.1, -0.05) is 23.5 Å². The smallest absolute Gasteiger partial charge is 0.267 e. The van der Waals surface area contributed by atoms with E-state index in [0.717, 1.165) is 35.3 Å². The number of ether oxygens (including phenoxy) is 1. The summed E-state index contributed by atoms with van der Waals surface area (Å²) in [6.45, 7) is 4.90. The van der Waals surface area contributed by atoms with Crippen LogP contribution >= 0.6 is 11.3 Å². The lowest BCUT2D eigenvalue weighted by Gasteiger charge is -2.27. The number of thiazole rings is 1. The first-order valence-corrected chi connectivity index (χ1v) is 11.2. The molecule has 1 aliphatic heterocycles. The zero-order chi connectivity index (χ0) is 21.9. The van der Waals surface area contributed by atoms with Crippen molar-refractivity contribution in [2.24, 2.45) is 0 Å². The number of aromatic nitrogens is 4. The molecule has 8 nitrogen and oxygen atoms in total. The number of anilines is 2. The zero-order valence-corrected chi connectivity index (χ0v) is 18.4. The van der Waals surface area contributed by atoms with Crippen LogP contribution in [0.2, 0.25) is 0 Å². The van der Waals surface area contributed by atoms with Crippen LogP contribution in [0.3, 0.4) is 0 Å². The number of nitrogens with zero attached hydrogens (tertiary/aromatic N) is 5. The number of hydrogen-bond acceptors (Lipinski definition) is 7. The fourth-order valence-corrected chi connectivity index (χ4v) is 4.48. The molecule has 1 aliphatic rings. The summed E-state index contributed by atoms with van der Waals surface area (Å²) in [6, 6.07) is 15.4. The summed E-state index contributed by atoms with van der Waals surface area (Å²) in [5, 5.41) is 12.5.